The van der Waals surface area contributed by atoms with Crippen LogP contribution in [0.2, 0.25) is 0 Å². The Morgan fingerprint density at radius 3 is 2.03 bits per heavy atom. The fourth-order valence-corrected chi connectivity index (χ4v) is 3.59. The van der Waals surface area contributed by atoms with Crippen molar-refractivity contribution < 1.29 is 62.2 Å². The van der Waals surface area contributed by atoms with Crippen LogP contribution in [0.5, 0.6) is 11.5 Å². The highest BCUT2D eigenvalue weighted by Gasteiger charge is 2.53. The summed E-state index contributed by atoms with van der Waals surface area (Å²) in [5, 5.41) is 11.4. The number of carbonyl (C=O) groups is 5. The summed E-state index contributed by atoms with van der Waals surface area (Å²) in [7, 11) is 1.32. The van der Waals surface area contributed by atoms with Crippen molar-refractivity contribution in [1.82, 2.24) is 5.32 Å². The van der Waals surface area contributed by atoms with E-state index in [4.69, 9.17) is 38.3 Å². The maximum atomic E-state index is 12.3. The number of methoxy groups -OCH3 is 1. The molecule has 0 aliphatic carbocycles. The van der Waals surface area contributed by atoms with E-state index >= 15 is 0 Å². The number of rotatable bonds is 11. The lowest BCUT2D eigenvalue weighted by Crippen LogP contribution is -2.63. The SMILES string of the molecule is COc1cc(C(=O)NCCO)ccc1O[C@@H]1O[C@H](COC(C)=O)[C@H](OC(C)=O)[C@@H](OC(C)=O)[C@@H]1OC(C)=O. The normalized spacial score (nSPS) is 22.4. The molecular formula is C24H31NO13. The van der Waals surface area contributed by atoms with Crippen molar-refractivity contribution in [3.8, 4) is 11.5 Å². The number of amides is 1. The molecule has 1 aliphatic rings. The molecule has 210 valence electrons. The molecule has 0 saturated carbocycles. The smallest absolute Gasteiger partial charge is 0.303 e. The summed E-state index contributed by atoms with van der Waals surface area (Å²) < 4.78 is 38.2. The van der Waals surface area contributed by atoms with Gasteiger partial charge in [0.2, 0.25) is 12.4 Å². The van der Waals surface area contributed by atoms with Crippen LogP contribution in [0.15, 0.2) is 18.2 Å². The second kappa shape index (κ2) is 14.1. The van der Waals surface area contributed by atoms with E-state index in [0.717, 1.165) is 27.7 Å². The molecule has 14 nitrogen and oxygen atoms in total. The minimum Gasteiger partial charge on any atom is -0.493 e. The number of nitrogens with one attached hydrogen (secondary N) is 1. The zero-order chi connectivity index (χ0) is 28.4. The fraction of sp³-hybridized carbons (Fsp3) is 0.542. The van der Waals surface area contributed by atoms with E-state index in [2.05, 4.69) is 5.32 Å². The third-order valence-corrected chi connectivity index (χ3v) is 5.01. The van der Waals surface area contributed by atoms with Gasteiger partial charge in [0.05, 0.1) is 13.7 Å². The quantitative estimate of drug-likeness (QED) is 0.280. The summed E-state index contributed by atoms with van der Waals surface area (Å²) in [6.07, 6.45) is -6.85. The van der Waals surface area contributed by atoms with Gasteiger partial charge < -0.3 is 43.6 Å². The van der Waals surface area contributed by atoms with Crippen molar-refractivity contribution in [2.24, 2.45) is 0 Å². The summed E-state index contributed by atoms with van der Waals surface area (Å²) >= 11 is 0. The Hall–Kier alpha value is -3.91. The van der Waals surface area contributed by atoms with Crippen molar-refractivity contribution in [3.05, 3.63) is 23.8 Å². The molecule has 1 saturated heterocycles. The van der Waals surface area contributed by atoms with Crippen LogP contribution in [0.1, 0.15) is 38.1 Å². The first-order valence-electron chi connectivity index (χ1n) is 11.5. The third kappa shape index (κ3) is 8.59. The van der Waals surface area contributed by atoms with E-state index in [1.807, 2.05) is 0 Å². The van der Waals surface area contributed by atoms with Crippen LogP contribution < -0.4 is 14.8 Å². The van der Waals surface area contributed by atoms with E-state index in [1.54, 1.807) is 0 Å². The number of aliphatic hydroxyl groups is 1. The Bertz CT molecular complexity index is 1030. The van der Waals surface area contributed by atoms with Gasteiger partial charge >= 0.3 is 23.9 Å². The lowest BCUT2D eigenvalue weighted by Gasteiger charge is -2.44. The molecule has 5 atom stereocenters. The molecule has 14 heteroatoms. The van der Waals surface area contributed by atoms with Gasteiger partial charge in [0.25, 0.3) is 5.91 Å². The number of carbonyl (C=O) groups excluding carboxylic acids is 5. The molecular weight excluding hydrogens is 510 g/mol. The summed E-state index contributed by atoms with van der Waals surface area (Å²) in [5.74, 6) is -3.33. The van der Waals surface area contributed by atoms with Gasteiger partial charge in [0, 0.05) is 39.8 Å². The first-order chi connectivity index (χ1) is 18.0. The molecule has 1 heterocycles. The highest BCUT2D eigenvalue weighted by molar-refractivity contribution is 5.94. The van der Waals surface area contributed by atoms with Gasteiger partial charge in [-0.1, -0.05) is 0 Å². The second-order valence-corrected chi connectivity index (χ2v) is 8.03. The van der Waals surface area contributed by atoms with Crippen molar-refractivity contribution in [1.29, 1.82) is 0 Å². The Labute approximate surface area is 218 Å². The van der Waals surface area contributed by atoms with Crippen LogP contribution in [0.3, 0.4) is 0 Å². The number of hydrogen-bond donors (Lipinski definition) is 2. The predicted octanol–water partition coefficient (Wildman–Crippen LogP) is -0.121. The monoisotopic (exact) mass is 541 g/mol. The number of hydrogen-bond acceptors (Lipinski definition) is 13. The average molecular weight is 542 g/mol. The Morgan fingerprint density at radius 2 is 1.47 bits per heavy atom. The molecule has 0 unspecified atom stereocenters. The Kier molecular flexibility index (Phi) is 11.3. The van der Waals surface area contributed by atoms with Gasteiger partial charge in [0.1, 0.15) is 12.7 Å². The van der Waals surface area contributed by atoms with Crippen molar-refractivity contribution in [2.45, 2.75) is 58.4 Å². The molecule has 0 bridgehead atoms. The Balaban J connectivity index is 2.48. The largest absolute Gasteiger partial charge is 0.493 e. The second-order valence-electron chi connectivity index (χ2n) is 8.03. The van der Waals surface area contributed by atoms with Crippen molar-refractivity contribution in [2.75, 3.05) is 26.9 Å². The van der Waals surface area contributed by atoms with Crippen LogP contribution in [0, 0.1) is 0 Å². The van der Waals surface area contributed by atoms with Crippen LogP contribution in [-0.2, 0) is 42.9 Å². The number of benzene rings is 1. The van der Waals surface area contributed by atoms with E-state index < -0.39 is 67.1 Å². The van der Waals surface area contributed by atoms with Gasteiger partial charge in [-0.05, 0) is 18.2 Å². The van der Waals surface area contributed by atoms with Gasteiger partial charge in [-0.15, -0.1) is 0 Å². The molecule has 38 heavy (non-hydrogen) atoms. The maximum absolute atomic E-state index is 12.3. The van der Waals surface area contributed by atoms with Gasteiger partial charge in [-0.25, -0.2) is 0 Å². The minimum atomic E-state index is -1.47. The molecule has 1 aliphatic heterocycles. The van der Waals surface area contributed by atoms with E-state index in [9.17, 15) is 24.0 Å². The fourth-order valence-electron chi connectivity index (χ4n) is 3.59. The lowest BCUT2D eigenvalue weighted by atomic mass is 9.98. The molecule has 0 spiro atoms. The summed E-state index contributed by atoms with van der Waals surface area (Å²) in [6, 6.07) is 4.17. The minimum absolute atomic E-state index is 0.0458. The standard InChI is InChI=1S/C24H31NO13/c1-12(27)33-11-19-20(34-13(2)28)21(35-14(3)29)22(36-15(4)30)24(38-19)37-17-7-6-16(10-18(17)32-5)23(31)25-8-9-26/h6-7,10,19-22,24,26H,8-9,11H2,1-5H3,(H,25,31)/t19-,20+,21-,22+,24-/m1/s1. The molecule has 2 rings (SSSR count). The summed E-state index contributed by atoms with van der Waals surface area (Å²) in [4.78, 5) is 59.5. The molecule has 1 aromatic rings. The van der Waals surface area contributed by atoms with Crippen LogP contribution in [0.4, 0.5) is 0 Å². The number of aliphatic hydroxyl groups excluding tert-OH is 1. The maximum Gasteiger partial charge on any atom is 0.303 e. The summed E-state index contributed by atoms with van der Waals surface area (Å²) in [6.45, 7) is 3.86. The highest BCUT2D eigenvalue weighted by Crippen LogP contribution is 2.34. The molecule has 1 fully saturated rings. The molecule has 0 aromatic heterocycles. The topological polar surface area (TPSA) is 182 Å². The first-order valence-corrected chi connectivity index (χ1v) is 11.5. The van der Waals surface area contributed by atoms with Gasteiger partial charge in [0.15, 0.2) is 23.7 Å². The lowest BCUT2D eigenvalue weighted by molar-refractivity contribution is -0.288. The van der Waals surface area contributed by atoms with Crippen molar-refractivity contribution >= 4 is 29.8 Å². The first kappa shape index (κ1) is 30.3. The van der Waals surface area contributed by atoms with E-state index in [1.165, 1.54) is 25.3 Å². The van der Waals surface area contributed by atoms with Crippen molar-refractivity contribution in [3.63, 3.8) is 0 Å². The van der Waals surface area contributed by atoms with Gasteiger partial charge in [-0.2, -0.15) is 0 Å². The van der Waals surface area contributed by atoms with E-state index in [-0.39, 0.29) is 30.2 Å². The van der Waals surface area contributed by atoms with Crippen LogP contribution >= 0.6 is 0 Å². The van der Waals surface area contributed by atoms with Crippen LogP contribution in [0.25, 0.3) is 0 Å². The number of esters is 4. The predicted molar refractivity (Wildman–Crippen MR) is 125 cm³/mol. The zero-order valence-electron chi connectivity index (χ0n) is 21.6. The highest BCUT2D eigenvalue weighted by atomic mass is 16.7. The molecule has 0 radical (unpaired) electrons. The average Bonchev–Trinajstić information content (AvgIpc) is 2.84. The molecule has 1 amide bonds. The third-order valence-electron chi connectivity index (χ3n) is 5.01. The zero-order valence-corrected chi connectivity index (χ0v) is 21.6. The molecule has 1 aromatic carbocycles. The number of ether oxygens (including phenoxy) is 7. The van der Waals surface area contributed by atoms with E-state index in [0.29, 0.717) is 0 Å². The van der Waals surface area contributed by atoms with Crippen LogP contribution in [-0.4, -0.2) is 92.5 Å². The van der Waals surface area contributed by atoms with Gasteiger partial charge in [-0.3, -0.25) is 24.0 Å². The summed E-state index contributed by atoms with van der Waals surface area (Å²) in [5.41, 5.74) is 0.198. The Morgan fingerprint density at radius 1 is 0.868 bits per heavy atom. The molecule has 2 N–H and O–H groups in total.